The molecule has 0 radical (unpaired) electrons. The van der Waals surface area contributed by atoms with Crippen molar-refractivity contribution in [1.82, 2.24) is 15.6 Å². The Morgan fingerprint density at radius 2 is 1.84 bits per heavy atom. The SMILES string of the molecule is CN=C(NCCc1ccc(F)cc1)NCc1cccc2cccnc12. The molecule has 1 heterocycles. The molecular formula is C20H21FN4. The van der Waals surface area contributed by atoms with E-state index in [4.69, 9.17) is 0 Å². The predicted molar refractivity (Wildman–Crippen MR) is 100 cm³/mol. The molecule has 2 N–H and O–H groups in total. The summed E-state index contributed by atoms with van der Waals surface area (Å²) in [4.78, 5) is 8.71. The van der Waals surface area contributed by atoms with Crippen molar-refractivity contribution in [3.63, 3.8) is 0 Å². The van der Waals surface area contributed by atoms with E-state index in [0.29, 0.717) is 6.54 Å². The van der Waals surface area contributed by atoms with Gasteiger partial charge in [0.15, 0.2) is 5.96 Å². The third-order valence-corrected chi connectivity index (χ3v) is 4.01. The van der Waals surface area contributed by atoms with Gasteiger partial charge in [-0.05, 0) is 35.7 Å². The number of rotatable bonds is 5. The molecule has 0 aliphatic carbocycles. The normalized spacial score (nSPS) is 11.5. The van der Waals surface area contributed by atoms with Crippen molar-refractivity contribution >= 4 is 16.9 Å². The van der Waals surface area contributed by atoms with Gasteiger partial charge in [0.05, 0.1) is 5.52 Å². The maximum Gasteiger partial charge on any atom is 0.191 e. The van der Waals surface area contributed by atoms with Crippen LogP contribution in [0.3, 0.4) is 0 Å². The second-order valence-corrected chi connectivity index (χ2v) is 5.72. The van der Waals surface area contributed by atoms with E-state index in [1.54, 1.807) is 19.2 Å². The van der Waals surface area contributed by atoms with Gasteiger partial charge in [0, 0.05) is 31.7 Å². The smallest absolute Gasteiger partial charge is 0.191 e. The number of aromatic nitrogens is 1. The minimum atomic E-state index is -0.210. The van der Waals surface area contributed by atoms with E-state index in [-0.39, 0.29) is 5.82 Å². The lowest BCUT2D eigenvalue weighted by molar-refractivity contribution is 0.626. The van der Waals surface area contributed by atoms with Gasteiger partial charge in [-0.25, -0.2) is 4.39 Å². The molecule has 0 saturated carbocycles. The molecule has 1 aromatic heterocycles. The van der Waals surface area contributed by atoms with E-state index in [0.717, 1.165) is 41.0 Å². The minimum absolute atomic E-state index is 0.210. The lowest BCUT2D eigenvalue weighted by Gasteiger charge is -2.13. The van der Waals surface area contributed by atoms with Gasteiger partial charge in [-0.1, -0.05) is 36.4 Å². The first kappa shape index (κ1) is 16.9. The molecule has 0 aliphatic heterocycles. The van der Waals surface area contributed by atoms with Crippen LogP contribution in [0.25, 0.3) is 10.9 Å². The Balaban J connectivity index is 1.54. The number of benzene rings is 2. The van der Waals surface area contributed by atoms with Crippen molar-refractivity contribution in [2.24, 2.45) is 4.99 Å². The molecule has 128 valence electrons. The van der Waals surface area contributed by atoms with Crippen molar-refractivity contribution in [2.75, 3.05) is 13.6 Å². The van der Waals surface area contributed by atoms with Crippen molar-refractivity contribution in [3.8, 4) is 0 Å². The van der Waals surface area contributed by atoms with E-state index >= 15 is 0 Å². The zero-order valence-corrected chi connectivity index (χ0v) is 14.2. The highest BCUT2D eigenvalue weighted by Gasteiger charge is 2.03. The molecule has 3 aromatic rings. The number of pyridine rings is 1. The summed E-state index contributed by atoms with van der Waals surface area (Å²) < 4.78 is 12.9. The van der Waals surface area contributed by atoms with Crippen LogP contribution in [-0.4, -0.2) is 24.5 Å². The predicted octanol–water partition coefficient (Wildman–Crippen LogP) is 3.28. The van der Waals surface area contributed by atoms with Crippen molar-refractivity contribution in [2.45, 2.75) is 13.0 Å². The molecule has 0 bridgehead atoms. The molecule has 3 rings (SSSR count). The van der Waals surface area contributed by atoms with Crippen LogP contribution in [0.2, 0.25) is 0 Å². The summed E-state index contributed by atoms with van der Waals surface area (Å²) in [6, 6.07) is 16.7. The van der Waals surface area contributed by atoms with Crippen LogP contribution >= 0.6 is 0 Å². The molecular weight excluding hydrogens is 315 g/mol. The third-order valence-electron chi connectivity index (χ3n) is 4.01. The molecule has 4 nitrogen and oxygen atoms in total. The number of fused-ring (bicyclic) bond motifs is 1. The van der Waals surface area contributed by atoms with Gasteiger partial charge in [-0.15, -0.1) is 0 Å². The Kier molecular flexibility index (Phi) is 5.57. The summed E-state index contributed by atoms with van der Waals surface area (Å²) >= 11 is 0. The number of guanidine groups is 1. The van der Waals surface area contributed by atoms with Gasteiger partial charge in [0.25, 0.3) is 0 Å². The number of hydrogen-bond acceptors (Lipinski definition) is 2. The highest BCUT2D eigenvalue weighted by molar-refractivity contribution is 5.83. The number of para-hydroxylation sites is 1. The van der Waals surface area contributed by atoms with E-state index in [9.17, 15) is 4.39 Å². The fourth-order valence-electron chi connectivity index (χ4n) is 2.69. The standard InChI is InChI=1S/C20H21FN4/c1-22-20(24-13-11-15-7-9-18(21)10-8-15)25-14-17-5-2-4-16-6-3-12-23-19(16)17/h2-10,12H,11,13-14H2,1H3,(H2,22,24,25). The Morgan fingerprint density at radius 1 is 1.04 bits per heavy atom. The van der Waals surface area contributed by atoms with Crippen LogP contribution in [0.1, 0.15) is 11.1 Å². The number of halogens is 1. The van der Waals surface area contributed by atoms with E-state index in [1.165, 1.54) is 12.1 Å². The lowest BCUT2D eigenvalue weighted by atomic mass is 10.1. The number of nitrogens with one attached hydrogen (secondary N) is 2. The fraction of sp³-hybridized carbons (Fsp3) is 0.200. The van der Waals surface area contributed by atoms with Crippen LogP contribution in [0.4, 0.5) is 4.39 Å². The molecule has 2 aromatic carbocycles. The summed E-state index contributed by atoms with van der Waals surface area (Å²) in [6.07, 6.45) is 2.61. The zero-order chi connectivity index (χ0) is 17.5. The van der Waals surface area contributed by atoms with Crippen molar-refractivity contribution < 1.29 is 4.39 Å². The molecule has 0 spiro atoms. The Morgan fingerprint density at radius 3 is 2.64 bits per heavy atom. The summed E-state index contributed by atoms with van der Waals surface area (Å²) in [6.45, 7) is 1.36. The average molecular weight is 336 g/mol. The first-order valence-corrected chi connectivity index (χ1v) is 8.28. The van der Waals surface area contributed by atoms with Gasteiger partial charge in [0.1, 0.15) is 5.82 Å². The first-order chi connectivity index (χ1) is 12.3. The highest BCUT2D eigenvalue weighted by atomic mass is 19.1. The second-order valence-electron chi connectivity index (χ2n) is 5.72. The maximum absolute atomic E-state index is 12.9. The maximum atomic E-state index is 12.9. The largest absolute Gasteiger partial charge is 0.356 e. The van der Waals surface area contributed by atoms with Gasteiger partial charge >= 0.3 is 0 Å². The van der Waals surface area contributed by atoms with Crippen LogP contribution in [-0.2, 0) is 13.0 Å². The molecule has 0 unspecified atom stereocenters. The molecule has 0 amide bonds. The average Bonchev–Trinajstić information content (AvgIpc) is 2.66. The Hall–Kier alpha value is -2.95. The zero-order valence-electron chi connectivity index (χ0n) is 14.2. The quantitative estimate of drug-likeness (QED) is 0.555. The van der Waals surface area contributed by atoms with Gasteiger partial charge in [-0.2, -0.15) is 0 Å². The topological polar surface area (TPSA) is 49.3 Å². The summed E-state index contributed by atoms with van der Waals surface area (Å²) in [5.41, 5.74) is 3.21. The third kappa shape index (κ3) is 4.53. The monoisotopic (exact) mass is 336 g/mol. The molecule has 0 saturated heterocycles. The van der Waals surface area contributed by atoms with Gasteiger partial charge in [-0.3, -0.25) is 9.98 Å². The van der Waals surface area contributed by atoms with E-state index in [2.05, 4.69) is 38.8 Å². The van der Waals surface area contributed by atoms with Crippen molar-refractivity contribution in [3.05, 3.63) is 77.7 Å². The molecule has 0 atom stereocenters. The number of aliphatic imine (C=N–C) groups is 1. The number of hydrogen-bond donors (Lipinski definition) is 2. The Labute approximate surface area is 146 Å². The van der Waals surface area contributed by atoms with Gasteiger partial charge < -0.3 is 10.6 Å². The molecule has 0 fully saturated rings. The lowest BCUT2D eigenvalue weighted by Crippen LogP contribution is -2.37. The van der Waals surface area contributed by atoms with Crippen LogP contribution < -0.4 is 10.6 Å². The van der Waals surface area contributed by atoms with Crippen LogP contribution in [0.15, 0.2) is 65.8 Å². The van der Waals surface area contributed by atoms with Gasteiger partial charge in [0.2, 0.25) is 0 Å². The molecule has 0 aliphatic rings. The highest BCUT2D eigenvalue weighted by Crippen LogP contribution is 2.15. The number of nitrogens with zero attached hydrogens (tertiary/aromatic N) is 2. The second kappa shape index (κ2) is 8.24. The molecule has 5 heteroatoms. The molecule has 25 heavy (non-hydrogen) atoms. The van der Waals surface area contributed by atoms with Crippen LogP contribution in [0.5, 0.6) is 0 Å². The summed E-state index contributed by atoms with van der Waals surface area (Å²) in [5, 5.41) is 7.71. The van der Waals surface area contributed by atoms with E-state index < -0.39 is 0 Å². The van der Waals surface area contributed by atoms with Crippen LogP contribution in [0, 0.1) is 5.82 Å². The summed E-state index contributed by atoms with van der Waals surface area (Å²) in [7, 11) is 1.74. The summed E-state index contributed by atoms with van der Waals surface area (Å²) in [5.74, 6) is 0.521. The van der Waals surface area contributed by atoms with Crippen molar-refractivity contribution in [1.29, 1.82) is 0 Å². The van der Waals surface area contributed by atoms with E-state index in [1.807, 2.05) is 18.3 Å². The fourth-order valence-corrected chi connectivity index (χ4v) is 2.69. The first-order valence-electron chi connectivity index (χ1n) is 8.28. The Bertz CT molecular complexity index is 854. The minimum Gasteiger partial charge on any atom is -0.356 e.